The molecule has 1 aliphatic rings. The zero-order chi connectivity index (χ0) is 32.3. The minimum Gasteiger partial charge on any atom is -0.343 e. The van der Waals surface area contributed by atoms with Crippen molar-refractivity contribution < 1.29 is 13.2 Å². The van der Waals surface area contributed by atoms with Gasteiger partial charge in [0.25, 0.3) is 0 Å². The molecule has 0 amide bonds. The topological polar surface area (TPSA) is 28.2 Å². The van der Waals surface area contributed by atoms with Crippen LogP contribution in [0, 0.1) is 6.92 Å². The normalized spacial score (nSPS) is 14.3. The molecular weight excluding hydrogens is 579 g/mol. The minimum absolute atomic E-state index is 0.363. The number of halogens is 4. The van der Waals surface area contributed by atoms with E-state index in [0.717, 1.165) is 70.6 Å². The zero-order valence-corrected chi connectivity index (χ0v) is 26.8. The first kappa shape index (κ1) is 34.6. The fourth-order valence-electron chi connectivity index (χ4n) is 4.71. The van der Waals surface area contributed by atoms with Crippen LogP contribution >= 0.6 is 11.6 Å². The quantitative estimate of drug-likeness (QED) is 0.242. The van der Waals surface area contributed by atoms with Gasteiger partial charge in [-0.15, -0.1) is 0 Å². The van der Waals surface area contributed by atoms with E-state index in [1.807, 2.05) is 61.8 Å². The fraction of sp³-hybridized carbons (Fsp3) is 0.270. The summed E-state index contributed by atoms with van der Waals surface area (Å²) in [7, 11) is 3.69. The molecule has 232 valence electrons. The molecule has 0 bridgehead atoms. The van der Waals surface area contributed by atoms with Gasteiger partial charge in [-0.2, -0.15) is 13.2 Å². The molecule has 7 heteroatoms. The fourth-order valence-corrected chi connectivity index (χ4v) is 4.84. The van der Waals surface area contributed by atoms with E-state index in [0.29, 0.717) is 0 Å². The number of aryl methyl sites for hydroxylation is 1. The maximum absolute atomic E-state index is 12.4. The number of hydrogen-bond acceptors (Lipinski definition) is 3. The lowest BCUT2D eigenvalue weighted by atomic mass is 9.96. The summed E-state index contributed by atoms with van der Waals surface area (Å²) in [5.74, 6) is 0. The Morgan fingerprint density at radius 1 is 1.09 bits per heavy atom. The van der Waals surface area contributed by atoms with Gasteiger partial charge in [0.1, 0.15) is 0 Å². The van der Waals surface area contributed by atoms with Crippen LogP contribution in [-0.2, 0) is 0 Å². The summed E-state index contributed by atoms with van der Waals surface area (Å²) in [5.41, 5.74) is 8.08. The number of anilines is 2. The van der Waals surface area contributed by atoms with Crippen molar-refractivity contribution in [3.05, 3.63) is 136 Å². The van der Waals surface area contributed by atoms with Crippen molar-refractivity contribution >= 4 is 34.6 Å². The van der Waals surface area contributed by atoms with Gasteiger partial charge >= 0.3 is 6.18 Å². The highest BCUT2D eigenvalue weighted by Gasteiger charge is 2.30. The first-order valence-electron chi connectivity index (χ1n) is 14.7. The Hall–Kier alpha value is -3.87. The molecule has 0 aliphatic heterocycles. The lowest BCUT2D eigenvalue weighted by Gasteiger charge is -2.20. The molecule has 44 heavy (non-hydrogen) atoms. The van der Waals surface area contributed by atoms with E-state index >= 15 is 0 Å². The maximum atomic E-state index is 12.4. The predicted octanol–water partition coefficient (Wildman–Crippen LogP) is 10.7. The van der Waals surface area contributed by atoms with E-state index in [1.165, 1.54) is 11.6 Å². The van der Waals surface area contributed by atoms with Crippen molar-refractivity contribution in [1.82, 2.24) is 10.3 Å². The number of alkyl halides is 3. The van der Waals surface area contributed by atoms with Crippen LogP contribution in [0.25, 0.3) is 11.6 Å². The first-order chi connectivity index (χ1) is 21.0. The summed E-state index contributed by atoms with van der Waals surface area (Å²) >= 11 is 5.99. The molecule has 0 radical (unpaired) electrons. The van der Waals surface area contributed by atoms with Gasteiger partial charge in [0.2, 0.25) is 0 Å². The van der Waals surface area contributed by atoms with Crippen LogP contribution in [0.3, 0.4) is 0 Å². The highest BCUT2D eigenvalue weighted by molar-refractivity contribution is 6.30. The number of hydrogen-bond donors (Lipinski definition) is 1. The van der Waals surface area contributed by atoms with Crippen LogP contribution in [0.15, 0.2) is 109 Å². The van der Waals surface area contributed by atoms with Crippen LogP contribution in [0.4, 0.5) is 24.5 Å². The molecule has 1 unspecified atom stereocenters. The summed E-state index contributed by atoms with van der Waals surface area (Å²) in [5, 5.41) is 3.61. The van der Waals surface area contributed by atoms with Gasteiger partial charge in [-0.1, -0.05) is 73.7 Å². The van der Waals surface area contributed by atoms with Gasteiger partial charge in [-0.3, -0.25) is 4.98 Å². The molecule has 0 fully saturated rings. The molecule has 3 aromatic rings. The zero-order valence-electron chi connectivity index (χ0n) is 26.0. The number of rotatable bonds is 9. The van der Waals surface area contributed by atoms with E-state index in [-0.39, 0.29) is 6.04 Å². The number of pyridine rings is 1. The van der Waals surface area contributed by atoms with Crippen molar-refractivity contribution in [2.75, 3.05) is 19.0 Å². The average molecular weight is 620 g/mol. The smallest absolute Gasteiger partial charge is 0.343 e. The summed E-state index contributed by atoms with van der Waals surface area (Å²) in [6.45, 7) is 9.27. The Morgan fingerprint density at radius 3 is 2.34 bits per heavy atom. The highest BCUT2D eigenvalue weighted by atomic mass is 35.5. The maximum Gasteiger partial charge on any atom is 0.412 e. The van der Waals surface area contributed by atoms with E-state index in [9.17, 15) is 13.2 Å². The third-order valence-electron chi connectivity index (χ3n) is 7.40. The Morgan fingerprint density at radius 2 is 1.80 bits per heavy atom. The molecule has 1 aromatic heterocycles. The van der Waals surface area contributed by atoms with Crippen LogP contribution in [0.5, 0.6) is 0 Å². The second kappa shape index (κ2) is 16.3. The highest BCUT2D eigenvalue weighted by Crippen LogP contribution is 2.29. The van der Waals surface area contributed by atoms with Gasteiger partial charge in [0.15, 0.2) is 0 Å². The minimum atomic E-state index is -4.24. The van der Waals surface area contributed by atoms with Crippen molar-refractivity contribution in [2.24, 2.45) is 0 Å². The Kier molecular flexibility index (Phi) is 12.8. The molecular formula is C37H41ClF3N3. The van der Waals surface area contributed by atoms with Crippen LogP contribution < -0.4 is 10.2 Å². The Labute approximate surface area is 265 Å². The third-order valence-corrected chi connectivity index (χ3v) is 7.65. The van der Waals surface area contributed by atoms with Gasteiger partial charge in [-0.25, -0.2) is 0 Å². The van der Waals surface area contributed by atoms with Gasteiger partial charge in [0, 0.05) is 28.9 Å². The van der Waals surface area contributed by atoms with Crippen LogP contribution in [-0.4, -0.2) is 31.3 Å². The van der Waals surface area contributed by atoms with E-state index in [1.54, 1.807) is 7.05 Å². The third kappa shape index (κ3) is 9.57. The summed E-state index contributed by atoms with van der Waals surface area (Å²) in [4.78, 5) is 6.85. The standard InChI is InChI=1S/C25H25ClN2.C12H16F3N/c1-5-7-24(20-9-8-18(3)19(6-2)16-20)25-15-14-23(17-27-25)28(4)22-12-10-21(26)11-13-22;1-9(12(13,14)15)8-11(16-2)10-6-4-3-5-7-10/h6-17H,2,5H2,1,3-4H3;4,6-8,11,16H,3,5H2,1-2H3/b;9-8+. The van der Waals surface area contributed by atoms with Crippen molar-refractivity contribution in [3.8, 4) is 0 Å². The molecule has 0 saturated carbocycles. The number of nitrogens with zero attached hydrogens (tertiary/aromatic N) is 2. The van der Waals surface area contributed by atoms with Crippen molar-refractivity contribution in [3.63, 3.8) is 0 Å². The molecule has 1 N–H and O–H groups in total. The SMILES string of the molecule is C=Cc1cc(C(=CCC)c2ccc(N(C)c3ccc(Cl)cc3)cn2)ccc1C.CNC(/C=C(\C)C(F)(F)F)C1=CCCC=C1. The summed E-state index contributed by atoms with van der Waals surface area (Å²) < 4.78 is 37.1. The number of likely N-dealkylation sites (N-methyl/N-ethyl adjacent to an activating group) is 1. The molecule has 0 saturated heterocycles. The van der Waals surface area contributed by atoms with Gasteiger partial charge in [-0.05, 0) is 105 Å². The van der Waals surface area contributed by atoms with E-state index in [2.05, 4.69) is 67.1 Å². The van der Waals surface area contributed by atoms with Crippen molar-refractivity contribution in [1.29, 1.82) is 0 Å². The Balaban J connectivity index is 0.000000281. The number of nitrogens with one attached hydrogen (secondary N) is 1. The Bertz CT molecular complexity index is 1520. The molecule has 1 heterocycles. The second-order valence-corrected chi connectivity index (χ2v) is 11.0. The predicted molar refractivity (Wildman–Crippen MR) is 182 cm³/mol. The largest absolute Gasteiger partial charge is 0.412 e. The molecule has 4 rings (SSSR count). The van der Waals surface area contributed by atoms with Gasteiger partial charge in [0.05, 0.1) is 23.6 Å². The number of aromatic nitrogens is 1. The first-order valence-corrected chi connectivity index (χ1v) is 15.0. The lowest BCUT2D eigenvalue weighted by molar-refractivity contribution is -0.0916. The van der Waals surface area contributed by atoms with E-state index in [4.69, 9.17) is 16.6 Å². The average Bonchev–Trinajstić information content (AvgIpc) is 3.03. The molecule has 0 spiro atoms. The van der Waals surface area contributed by atoms with Crippen molar-refractivity contribution in [2.45, 2.75) is 52.3 Å². The number of allylic oxidation sites excluding steroid dienone is 4. The van der Waals surface area contributed by atoms with Crippen LogP contribution in [0.2, 0.25) is 5.02 Å². The summed E-state index contributed by atoms with van der Waals surface area (Å²) in [6, 6.07) is 18.1. The van der Waals surface area contributed by atoms with Gasteiger partial charge < -0.3 is 10.2 Å². The molecule has 1 atom stereocenters. The van der Waals surface area contributed by atoms with Crippen LogP contribution in [0.1, 0.15) is 55.5 Å². The second-order valence-electron chi connectivity index (χ2n) is 10.5. The lowest BCUT2D eigenvalue weighted by Crippen LogP contribution is -2.26. The van der Waals surface area contributed by atoms with E-state index < -0.39 is 11.7 Å². The molecule has 2 aromatic carbocycles. The molecule has 3 nitrogen and oxygen atoms in total. The number of benzene rings is 2. The molecule has 1 aliphatic carbocycles. The summed E-state index contributed by atoms with van der Waals surface area (Å²) in [6.07, 6.45) is 11.7. The monoisotopic (exact) mass is 619 g/mol.